The highest BCUT2D eigenvalue weighted by Crippen LogP contribution is 2.32. The van der Waals surface area contributed by atoms with Crippen LogP contribution in [0.1, 0.15) is 32.6 Å². The van der Waals surface area contributed by atoms with Crippen molar-refractivity contribution in [1.29, 1.82) is 0 Å². The molecule has 1 fully saturated rings. The van der Waals surface area contributed by atoms with Gasteiger partial charge in [0.2, 0.25) is 5.95 Å². The summed E-state index contributed by atoms with van der Waals surface area (Å²) in [5.74, 6) is 7.50. The van der Waals surface area contributed by atoms with Gasteiger partial charge in [0, 0.05) is 19.3 Å². The lowest BCUT2D eigenvalue weighted by atomic mass is 9.86. The normalized spacial score (nSPS) is 23.8. The molecule has 100 valence electrons. The van der Waals surface area contributed by atoms with Gasteiger partial charge in [-0.25, -0.2) is 10.8 Å². The number of nitrogen functional groups attached to an aromatic ring is 1. The summed E-state index contributed by atoms with van der Waals surface area (Å²) in [6.45, 7) is 2.32. The van der Waals surface area contributed by atoms with Gasteiger partial charge in [-0.05, 0) is 34.7 Å². The van der Waals surface area contributed by atoms with Gasteiger partial charge in [0.05, 0.1) is 4.47 Å². The second-order valence-corrected chi connectivity index (χ2v) is 5.90. The van der Waals surface area contributed by atoms with Gasteiger partial charge in [0.1, 0.15) is 5.82 Å². The van der Waals surface area contributed by atoms with Crippen molar-refractivity contribution < 1.29 is 0 Å². The van der Waals surface area contributed by atoms with Crippen molar-refractivity contribution in [3.05, 3.63) is 10.7 Å². The third-order valence-corrected chi connectivity index (χ3v) is 4.20. The molecule has 1 aliphatic carbocycles. The van der Waals surface area contributed by atoms with Crippen molar-refractivity contribution in [3.8, 4) is 0 Å². The molecule has 0 aliphatic heterocycles. The van der Waals surface area contributed by atoms with Crippen molar-refractivity contribution in [2.24, 2.45) is 11.8 Å². The van der Waals surface area contributed by atoms with Crippen LogP contribution < -0.4 is 16.2 Å². The number of hydrogen-bond donors (Lipinski definition) is 2. The van der Waals surface area contributed by atoms with E-state index in [9.17, 15) is 0 Å². The zero-order chi connectivity index (χ0) is 13.1. The molecule has 0 aromatic carbocycles. The topological polar surface area (TPSA) is 67.1 Å². The molecule has 1 heterocycles. The number of nitrogens with one attached hydrogen (secondary N) is 1. The van der Waals surface area contributed by atoms with Crippen LogP contribution in [-0.2, 0) is 0 Å². The van der Waals surface area contributed by atoms with E-state index in [2.05, 4.69) is 50.2 Å². The minimum atomic E-state index is 0.448. The summed E-state index contributed by atoms with van der Waals surface area (Å²) in [4.78, 5) is 10.7. The fourth-order valence-electron chi connectivity index (χ4n) is 2.60. The number of halogens is 1. The highest BCUT2D eigenvalue weighted by atomic mass is 79.9. The van der Waals surface area contributed by atoms with Crippen LogP contribution in [0.5, 0.6) is 0 Å². The van der Waals surface area contributed by atoms with E-state index in [1.54, 1.807) is 6.20 Å². The molecule has 0 amide bonds. The van der Waals surface area contributed by atoms with E-state index in [-0.39, 0.29) is 0 Å². The Morgan fingerprint density at radius 1 is 1.50 bits per heavy atom. The molecule has 1 aliphatic rings. The van der Waals surface area contributed by atoms with Crippen molar-refractivity contribution in [2.45, 2.75) is 38.6 Å². The molecular weight excluding hydrogens is 294 g/mol. The maximum atomic E-state index is 5.36. The number of aromatic nitrogens is 2. The Morgan fingerprint density at radius 2 is 2.28 bits per heavy atom. The monoisotopic (exact) mass is 313 g/mol. The van der Waals surface area contributed by atoms with Crippen LogP contribution in [0, 0.1) is 5.92 Å². The predicted octanol–water partition coefficient (Wildman–Crippen LogP) is 2.54. The fraction of sp³-hybridized carbons (Fsp3) is 0.667. The van der Waals surface area contributed by atoms with E-state index in [1.165, 1.54) is 25.7 Å². The van der Waals surface area contributed by atoms with Gasteiger partial charge in [-0.3, -0.25) is 5.43 Å². The fourth-order valence-corrected chi connectivity index (χ4v) is 3.07. The maximum absolute atomic E-state index is 5.36. The maximum Gasteiger partial charge on any atom is 0.239 e. The first-order valence-electron chi connectivity index (χ1n) is 6.33. The second-order valence-electron chi connectivity index (χ2n) is 5.05. The molecule has 2 atom stereocenters. The number of rotatable bonds is 3. The first-order chi connectivity index (χ1) is 8.61. The van der Waals surface area contributed by atoms with Gasteiger partial charge < -0.3 is 4.90 Å². The first-order valence-corrected chi connectivity index (χ1v) is 7.13. The van der Waals surface area contributed by atoms with Crippen LogP contribution in [0.15, 0.2) is 10.7 Å². The highest BCUT2D eigenvalue weighted by Gasteiger charge is 2.24. The Kier molecular flexibility index (Phi) is 4.40. The average molecular weight is 314 g/mol. The SMILES string of the molecule is CC1CCCC(N(C)c2nc(NN)ncc2Br)C1. The minimum Gasteiger partial charge on any atom is -0.356 e. The lowest BCUT2D eigenvalue weighted by Crippen LogP contribution is -2.36. The standard InChI is InChI=1S/C12H20BrN5/c1-8-4-3-5-9(6-8)18(2)11-10(13)7-15-12(16-11)17-14/h7-9H,3-6,14H2,1-2H3,(H,15,16,17). The molecule has 3 N–H and O–H groups in total. The summed E-state index contributed by atoms with van der Waals surface area (Å²) in [6, 6.07) is 0.547. The third-order valence-electron chi connectivity index (χ3n) is 3.65. The minimum absolute atomic E-state index is 0.448. The first kappa shape index (κ1) is 13.5. The quantitative estimate of drug-likeness (QED) is 0.663. The molecule has 18 heavy (non-hydrogen) atoms. The average Bonchev–Trinajstić information content (AvgIpc) is 2.38. The predicted molar refractivity (Wildman–Crippen MR) is 77.4 cm³/mol. The van der Waals surface area contributed by atoms with E-state index < -0.39 is 0 Å². The smallest absolute Gasteiger partial charge is 0.239 e. The lowest BCUT2D eigenvalue weighted by molar-refractivity contribution is 0.335. The number of hydrogen-bond acceptors (Lipinski definition) is 5. The number of nitrogens with zero attached hydrogens (tertiary/aromatic N) is 3. The molecule has 0 bridgehead atoms. The van der Waals surface area contributed by atoms with Gasteiger partial charge in [0.15, 0.2) is 0 Å². The van der Waals surface area contributed by atoms with E-state index in [0.717, 1.165) is 16.2 Å². The van der Waals surface area contributed by atoms with E-state index in [1.807, 2.05) is 0 Å². The van der Waals surface area contributed by atoms with E-state index in [4.69, 9.17) is 5.84 Å². The molecule has 2 rings (SSSR count). The molecule has 0 radical (unpaired) electrons. The van der Waals surface area contributed by atoms with Crippen LogP contribution in [0.2, 0.25) is 0 Å². The largest absolute Gasteiger partial charge is 0.356 e. The molecule has 6 heteroatoms. The summed E-state index contributed by atoms with van der Waals surface area (Å²) in [7, 11) is 2.09. The zero-order valence-corrected chi connectivity index (χ0v) is 12.4. The van der Waals surface area contributed by atoms with Crippen LogP contribution in [0.25, 0.3) is 0 Å². The molecule has 1 aromatic rings. The van der Waals surface area contributed by atoms with Crippen LogP contribution in [0.4, 0.5) is 11.8 Å². The molecule has 0 saturated heterocycles. The molecular formula is C12H20BrN5. The van der Waals surface area contributed by atoms with Gasteiger partial charge in [-0.1, -0.05) is 19.8 Å². The Bertz CT molecular complexity index is 411. The van der Waals surface area contributed by atoms with Gasteiger partial charge in [-0.15, -0.1) is 0 Å². The highest BCUT2D eigenvalue weighted by molar-refractivity contribution is 9.10. The van der Waals surface area contributed by atoms with Gasteiger partial charge in [0.25, 0.3) is 0 Å². The summed E-state index contributed by atoms with van der Waals surface area (Å²) >= 11 is 3.51. The number of anilines is 2. The molecule has 1 aromatic heterocycles. The molecule has 2 unspecified atom stereocenters. The number of nitrogens with two attached hydrogens (primary N) is 1. The third kappa shape index (κ3) is 2.92. The van der Waals surface area contributed by atoms with Crippen LogP contribution >= 0.6 is 15.9 Å². The van der Waals surface area contributed by atoms with Crippen molar-refractivity contribution in [2.75, 3.05) is 17.4 Å². The summed E-state index contributed by atoms with van der Waals surface area (Å²) < 4.78 is 0.905. The molecule has 1 saturated carbocycles. The summed E-state index contributed by atoms with van der Waals surface area (Å²) in [5.41, 5.74) is 2.49. The number of hydrazine groups is 1. The summed E-state index contributed by atoms with van der Waals surface area (Å²) in [6.07, 6.45) is 6.81. The van der Waals surface area contributed by atoms with Crippen LogP contribution in [0.3, 0.4) is 0 Å². The zero-order valence-electron chi connectivity index (χ0n) is 10.9. The van der Waals surface area contributed by atoms with Crippen molar-refractivity contribution in [1.82, 2.24) is 9.97 Å². The lowest BCUT2D eigenvalue weighted by Gasteiger charge is -2.35. The van der Waals surface area contributed by atoms with E-state index >= 15 is 0 Å². The Balaban J connectivity index is 2.19. The Hall–Kier alpha value is -0.880. The van der Waals surface area contributed by atoms with E-state index in [0.29, 0.717) is 12.0 Å². The Labute approximate surface area is 116 Å². The van der Waals surface area contributed by atoms with Gasteiger partial charge in [-0.2, -0.15) is 4.98 Å². The van der Waals surface area contributed by atoms with Crippen LogP contribution in [-0.4, -0.2) is 23.1 Å². The van der Waals surface area contributed by atoms with Crippen molar-refractivity contribution >= 4 is 27.7 Å². The van der Waals surface area contributed by atoms with Crippen molar-refractivity contribution in [3.63, 3.8) is 0 Å². The Morgan fingerprint density at radius 3 is 2.94 bits per heavy atom. The van der Waals surface area contributed by atoms with Gasteiger partial charge >= 0.3 is 0 Å². The second kappa shape index (κ2) is 5.84. The molecule has 5 nitrogen and oxygen atoms in total. The molecule has 0 spiro atoms. The summed E-state index contributed by atoms with van der Waals surface area (Å²) in [5, 5.41) is 0.